The molecule has 0 bridgehead atoms. The average Bonchev–Trinajstić information content (AvgIpc) is 2.20. The van der Waals surface area contributed by atoms with Gasteiger partial charge < -0.3 is 5.32 Å². The van der Waals surface area contributed by atoms with Crippen molar-refractivity contribution in [1.29, 1.82) is 0 Å². The fourth-order valence-corrected chi connectivity index (χ4v) is 1.37. The summed E-state index contributed by atoms with van der Waals surface area (Å²) in [6.45, 7) is 5.48. The van der Waals surface area contributed by atoms with Crippen molar-refractivity contribution >= 4 is 17.5 Å². The molecule has 0 aromatic heterocycles. The van der Waals surface area contributed by atoms with E-state index in [1.807, 2.05) is 20.8 Å². The maximum absolute atomic E-state index is 13.3. The lowest BCUT2D eigenvalue weighted by Gasteiger charge is -2.29. The van der Waals surface area contributed by atoms with Crippen molar-refractivity contribution in [1.82, 2.24) is 5.32 Å². The number of hydrogen-bond donors (Lipinski definition) is 1. The molecule has 0 aliphatic heterocycles. The first-order valence-electron chi connectivity index (χ1n) is 5.51. The van der Waals surface area contributed by atoms with Gasteiger partial charge in [0.15, 0.2) is 0 Å². The Labute approximate surface area is 106 Å². The van der Waals surface area contributed by atoms with Crippen LogP contribution in [0.2, 0.25) is 0 Å². The van der Waals surface area contributed by atoms with Crippen LogP contribution in [0.1, 0.15) is 26.3 Å². The second-order valence-corrected chi connectivity index (χ2v) is 5.31. The van der Waals surface area contributed by atoms with Crippen LogP contribution in [-0.4, -0.2) is 16.8 Å². The number of amides is 1. The predicted molar refractivity (Wildman–Crippen MR) is 67.6 cm³/mol. The predicted octanol–water partition coefficient (Wildman–Crippen LogP) is 2.89. The summed E-state index contributed by atoms with van der Waals surface area (Å²) in [6, 6.07) is 6.26. The molecule has 1 rings (SSSR count). The van der Waals surface area contributed by atoms with E-state index in [-0.39, 0.29) is 23.5 Å². The van der Waals surface area contributed by atoms with E-state index in [4.69, 9.17) is 11.6 Å². The van der Waals surface area contributed by atoms with Crippen molar-refractivity contribution in [3.63, 3.8) is 0 Å². The summed E-state index contributed by atoms with van der Waals surface area (Å²) in [4.78, 5) is 11.7. The first-order chi connectivity index (χ1) is 7.83. The third-order valence-electron chi connectivity index (χ3n) is 2.76. The van der Waals surface area contributed by atoms with Gasteiger partial charge in [0.25, 0.3) is 0 Å². The third kappa shape index (κ3) is 4.00. The average molecular weight is 258 g/mol. The van der Waals surface area contributed by atoms with Gasteiger partial charge in [0.1, 0.15) is 5.82 Å². The normalized spacial score (nSPS) is 13.2. The molecule has 0 aliphatic rings. The van der Waals surface area contributed by atoms with Crippen LogP contribution in [0.5, 0.6) is 0 Å². The quantitative estimate of drug-likeness (QED) is 0.826. The molecule has 1 atom stereocenters. The zero-order valence-corrected chi connectivity index (χ0v) is 11.0. The first kappa shape index (κ1) is 14.0. The van der Waals surface area contributed by atoms with Crippen LogP contribution < -0.4 is 5.32 Å². The molecule has 0 aliphatic carbocycles. The van der Waals surface area contributed by atoms with E-state index in [2.05, 4.69) is 5.32 Å². The second kappa shape index (κ2) is 5.50. The largest absolute Gasteiger partial charge is 0.349 e. The summed E-state index contributed by atoms with van der Waals surface area (Å²) in [5, 5.41) is 2.59. The Morgan fingerprint density at radius 3 is 2.59 bits per heavy atom. The summed E-state index contributed by atoms with van der Waals surface area (Å²) in [7, 11) is 0. The molecule has 0 saturated carbocycles. The Bertz CT molecular complexity index is 404. The number of carbonyl (C=O) groups is 1. The van der Waals surface area contributed by atoms with Gasteiger partial charge in [-0.3, -0.25) is 4.79 Å². The van der Waals surface area contributed by atoms with Gasteiger partial charge >= 0.3 is 0 Å². The Morgan fingerprint density at radius 1 is 1.47 bits per heavy atom. The molecule has 1 amide bonds. The topological polar surface area (TPSA) is 29.1 Å². The van der Waals surface area contributed by atoms with Crippen LogP contribution in [0.3, 0.4) is 0 Å². The van der Waals surface area contributed by atoms with Crippen LogP contribution in [0.25, 0.3) is 0 Å². The van der Waals surface area contributed by atoms with E-state index < -0.39 is 5.54 Å². The van der Waals surface area contributed by atoms with Gasteiger partial charge in [0.2, 0.25) is 5.91 Å². The van der Waals surface area contributed by atoms with Crippen LogP contribution >= 0.6 is 11.6 Å². The highest BCUT2D eigenvalue weighted by molar-refractivity contribution is 6.21. The molecule has 0 saturated heterocycles. The number of halogens is 2. The van der Waals surface area contributed by atoms with E-state index >= 15 is 0 Å². The van der Waals surface area contributed by atoms with Gasteiger partial charge in [0.05, 0.1) is 17.3 Å². The molecule has 4 heteroatoms. The second-order valence-electron chi connectivity index (χ2n) is 4.65. The van der Waals surface area contributed by atoms with Gasteiger partial charge in [0, 0.05) is 0 Å². The maximum atomic E-state index is 13.3. The Morgan fingerprint density at radius 2 is 2.06 bits per heavy atom. The van der Waals surface area contributed by atoms with Crippen molar-refractivity contribution in [2.24, 2.45) is 0 Å². The van der Waals surface area contributed by atoms with E-state index in [1.165, 1.54) is 6.07 Å². The minimum absolute atomic E-state index is 0.0275. The number of hydrogen-bond acceptors (Lipinski definition) is 1. The molecule has 1 N–H and O–H groups in total. The number of benzene rings is 1. The Hall–Kier alpha value is -1.09. The molecule has 0 fully saturated rings. The van der Waals surface area contributed by atoms with Crippen molar-refractivity contribution in [3.05, 3.63) is 35.6 Å². The smallest absolute Gasteiger partial charge is 0.224 e. The third-order valence-corrected chi connectivity index (χ3v) is 3.31. The molecule has 1 aromatic carbocycles. The van der Waals surface area contributed by atoms with Crippen molar-refractivity contribution < 1.29 is 9.18 Å². The SMILES string of the molecule is CC(Cl)C(C)(C)NC(=O)Cc1ccccc1F. The molecule has 0 heterocycles. The summed E-state index contributed by atoms with van der Waals surface area (Å²) in [6.07, 6.45) is 0.0275. The van der Waals surface area contributed by atoms with Gasteiger partial charge in [-0.1, -0.05) is 18.2 Å². The highest BCUT2D eigenvalue weighted by Crippen LogP contribution is 2.15. The molecule has 0 spiro atoms. The van der Waals surface area contributed by atoms with E-state index in [0.717, 1.165) is 0 Å². The maximum Gasteiger partial charge on any atom is 0.224 e. The lowest BCUT2D eigenvalue weighted by Crippen LogP contribution is -2.49. The number of nitrogens with one attached hydrogen (secondary N) is 1. The molecular weight excluding hydrogens is 241 g/mol. The van der Waals surface area contributed by atoms with Crippen LogP contribution in [0.15, 0.2) is 24.3 Å². The monoisotopic (exact) mass is 257 g/mol. The van der Waals surface area contributed by atoms with Crippen LogP contribution in [0.4, 0.5) is 4.39 Å². The van der Waals surface area contributed by atoms with Gasteiger partial charge in [-0.25, -0.2) is 4.39 Å². The number of rotatable bonds is 4. The molecule has 2 nitrogen and oxygen atoms in total. The highest BCUT2D eigenvalue weighted by Gasteiger charge is 2.26. The zero-order chi connectivity index (χ0) is 13.1. The number of carbonyl (C=O) groups excluding carboxylic acids is 1. The standard InChI is InChI=1S/C13H17ClFNO/c1-9(14)13(2,3)16-12(17)8-10-6-4-5-7-11(10)15/h4-7,9H,8H2,1-3H3,(H,16,17). The molecule has 0 radical (unpaired) electrons. The summed E-state index contributed by atoms with van der Waals surface area (Å²) in [5.41, 5.74) is -0.118. The zero-order valence-electron chi connectivity index (χ0n) is 10.3. The minimum Gasteiger partial charge on any atom is -0.349 e. The molecule has 1 unspecified atom stereocenters. The summed E-state index contributed by atoms with van der Waals surface area (Å²) >= 11 is 5.96. The molecule has 1 aromatic rings. The van der Waals surface area contributed by atoms with Crippen molar-refractivity contribution in [2.45, 2.75) is 38.1 Å². The highest BCUT2D eigenvalue weighted by atomic mass is 35.5. The van der Waals surface area contributed by atoms with Crippen LogP contribution in [-0.2, 0) is 11.2 Å². The first-order valence-corrected chi connectivity index (χ1v) is 5.95. The van der Waals surface area contributed by atoms with E-state index in [9.17, 15) is 9.18 Å². The van der Waals surface area contributed by atoms with Gasteiger partial charge in [-0.15, -0.1) is 11.6 Å². The van der Waals surface area contributed by atoms with E-state index in [1.54, 1.807) is 18.2 Å². The van der Waals surface area contributed by atoms with Crippen molar-refractivity contribution in [3.8, 4) is 0 Å². The van der Waals surface area contributed by atoms with E-state index in [0.29, 0.717) is 5.56 Å². The Kier molecular flexibility index (Phi) is 4.52. The lowest BCUT2D eigenvalue weighted by atomic mass is 10.0. The molecule has 94 valence electrons. The minimum atomic E-state index is -0.510. The fraction of sp³-hybridized carbons (Fsp3) is 0.462. The van der Waals surface area contributed by atoms with Crippen LogP contribution in [0, 0.1) is 5.82 Å². The van der Waals surface area contributed by atoms with Crippen molar-refractivity contribution in [2.75, 3.05) is 0 Å². The molecule has 17 heavy (non-hydrogen) atoms. The van der Waals surface area contributed by atoms with Gasteiger partial charge in [-0.2, -0.15) is 0 Å². The summed E-state index contributed by atoms with van der Waals surface area (Å²) in [5.74, 6) is -0.591. The fourth-order valence-electron chi connectivity index (χ4n) is 1.32. The van der Waals surface area contributed by atoms with Gasteiger partial charge in [-0.05, 0) is 32.4 Å². The number of alkyl halides is 1. The Balaban J connectivity index is 2.66. The molecular formula is C13H17ClFNO. The lowest BCUT2D eigenvalue weighted by molar-refractivity contribution is -0.122. The summed E-state index contributed by atoms with van der Waals surface area (Å²) < 4.78 is 13.3.